The summed E-state index contributed by atoms with van der Waals surface area (Å²) in [5.74, 6) is -3.65. The zero-order valence-corrected chi connectivity index (χ0v) is 15.3. The molecule has 2 N–H and O–H groups in total. The van der Waals surface area contributed by atoms with Crippen molar-refractivity contribution in [1.29, 1.82) is 0 Å². The van der Waals surface area contributed by atoms with Crippen LogP contribution in [0.1, 0.15) is 6.92 Å². The number of ketones is 1. The van der Waals surface area contributed by atoms with Crippen LogP contribution in [0.2, 0.25) is 0 Å². The largest absolute Gasteiger partial charge is 0.477 e. The van der Waals surface area contributed by atoms with E-state index in [1.165, 1.54) is 17.8 Å². The molecule has 2 heterocycles. The molecule has 0 bridgehead atoms. The molecule has 2 aliphatic rings. The number of hydrogen-bond acceptors (Lipinski definition) is 7. The highest BCUT2D eigenvalue weighted by atomic mass is 35.5. The molecule has 0 aromatic heterocycles. The Hall–Kier alpha value is -2.33. The van der Waals surface area contributed by atoms with Crippen LogP contribution in [0, 0.1) is 0 Å². The summed E-state index contributed by atoms with van der Waals surface area (Å²) < 4.78 is 0. The van der Waals surface area contributed by atoms with E-state index in [9.17, 15) is 24.3 Å². The Balaban J connectivity index is 2.18. The summed E-state index contributed by atoms with van der Waals surface area (Å²) in [7, 11) is 0. The summed E-state index contributed by atoms with van der Waals surface area (Å²) in [5, 5.41) is 14.6. The van der Waals surface area contributed by atoms with Gasteiger partial charge in [-0.2, -0.15) is 0 Å². The molecule has 2 amide bonds. The summed E-state index contributed by atoms with van der Waals surface area (Å²) >= 11 is 6.73. The molecule has 2 atom stereocenters. The van der Waals surface area contributed by atoms with E-state index in [-0.39, 0.29) is 12.3 Å². The highest BCUT2D eigenvalue weighted by molar-refractivity contribution is 8.00. The molecule has 0 aromatic carbocycles. The number of aliphatic carboxylic acids is 1. The first-order valence-corrected chi connectivity index (χ1v) is 9.09. The molecule has 2 rings (SSSR count). The summed E-state index contributed by atoms with van der Waals surface area (Å²) in [6, 6.07) is -0.983. The highest BCUT2D eigenvalue weighted by Crippen LogP contribution is 2.40. The molecule has 0 saturated carbocycles. The molecule has 9 nitrogen and oxygen atoms in total. The summed E-state index contributed by atoms with van der Waals surface area (Å²) in [4.78, 5) is 53.7. The minimum Gasteiger partial charge on any atom is -0.477 e. The van der Waals surface area contributed by atoms with Gasteiger partial charge >= 0.3 is 5.97 Å². The smallest absolute Gasteiger partial charge is 0.352 e. The topological polar surface area (TPSA) is 125 Å². The van der Waals surface area contributed by atoms with E-state index in [2.05, 4.69) is 17.1 Å². The van der Waals surface area contributed by atoms with Crippen LogP contribution in [0.5, 0.6) is 0 Å². The van der Waals surface area contributed by atoms with Crippen molar-refractivity contribution in [3.8, 4) is 0 Å². The summed E-state index contributed by atoms with van der Waals surface area (Å²) in [6.07, 6.45) is 1.39. The molecule has 11 heteroatoms. The van der Waals surface area contributed by atoms with Gasteiger partial charge < -0.3 is 15.3 Å². The fraction of sp³-hybridized carbons (Fsp3) is 0.400. The van der Waals surface area contributed by atoms with Gasteiger partial charge in [-0.25, -0.2) is 4.79 Å². The average molecular weight is 402 g/mol. The first kappa shape index (κ1) is 20.0. The quantitative estimate of drug-likeness (QED) is 0.194. The van der Waals surface area contributed by atoms with Crippen molar-refractivity contribution in [2.24, 2.45) is 5.16 Å². The van der Waals surface area contributed by atoms with Crippen LogP contribution in [-0.2, 0) is 24.0 Å². The van der Waals surface area contributed by atoms with E-state index >= 15 is 0 Å². The van der Waals surface area contributed by atoms with Gasteiger partial charge in [-0.05, 0) is 12.5 Å². The third-order valence-corrected chi connectivity index (χ3v) is 5.16. The van der Waals surface area contributed by atoms with E-state index in [0.29, 0.717) is 11.3 Å². The van der Waals surface area contributed by atoms with Crippen molar-refractivity contribution in [3.05, 3.63) is 23.9 Å². The van der Waals surface area contributed by atoms with Crippen LogP contribution >= 0.6 is 23.4 Å². The first-order chi connectivity index (χ1) is 12.4. The number of Topliss-reactive ketones (excluding diaryl/α,β-unsaturated/α-hetero) is 1. The van der Waals surface area contributed by atoms with Crippen LogP contribution in [-0.4, -0.2) is 68.9 Å². The number of carbonyl (C=O) groups excluding carboxylic acids is 3. The Kier molecular flexibility index (Phi) is 6.43. The Labute approximate surface area is 158 Å². The molecular formula is C15H16ClN3O6S. The number of rotatable bonds is 8. The van der Waals surface area contributed by atoms with Crippen LogP contribution in [0.3, 0.4) is 0 Å². The van der Waals surface area contributed by atoms with Crippen molar-refractivity contribution in [2.45, 2.75) is 18.3 Å². The first-order valence-electron chi connectivity index (χ1n) is 7.50. The average Bonchev–Trinajstić information content (AvgIpc) is 2.64. The minimum absolute atomic E-state index is 0.137. The second kappa shape index (κ2) is 8.37. The second-order valence-electron chi connectivity index (χ2n) is 5.16. The number of β-lactam (4-membered cyclic amide) rings is 1. The fourth-order valence-corrected chi connectivity index (χ4v) is 3.89. The lowest BCUT2D eigenvalue weighted by Crippen LogP contribution is -2.71. The number of thioether (sulfide) groups is 1. The van der Waals surface area contributed by atoms with Gasteiger partial charge in [0.2, 0.25) is 11.5 Å². The predicted molar refractivity (Wildman–Crippen MR) is 94.7 cm³/mol. The van der Waals surface area contributed by atoms with Crippen LogP contribution in [0.4, 0.5) is 0 Å². The normalized spacial score (nSPS) is 22.3. The lowest BCUT2D eigenvalue weighted by atomic mass is 10.0. The van der Waals surface area contributed by atoms with E-state index in [1.54, 1.807) is 6.92 Å². The number of nitrogens with one attached hydrogen (secondary N) is 1. The number of carboxylic acids is 1. The number of carbonyl (C=O) groups is 4. The lowest BCUT2D eigenvalue weighted by molar-refractivity contribution is -0.150. The molecule has 0 aromatic rings. The number of halogens is 1. The molecule has 0 spiro atoms. The zero-order chi connectivity index (χ0) is 19.4. The molecule has 1 fully saturated rings. The Morgan fingerprint density at radius 1 is 1.54 bits per heavy atom. The van der Waals surface area contributed by atoms with Gasteiger partial charge in [0.15, 0.2) is 0 Å². The van der Waals surface area contributed by atoms with Crippen molar-refractivity contribution >= 4 is 52.6 Å². The monoisotopic (exact) mass is 401 g/mol. The van der Waals surface area contributed by atoms with Gasteiger partial charge in [-0.1, -0.05) is 17.8 Å². The Bertz CT molecular complexity index is 735. The van der Waals surface area contributed by atoms with Gasteiger partial charge in [0, 0.05) is 5.75 Å². The molecule has 1 saturated heterocycles. The standard InChI is InChI=1S/C15H16ClN3O6S/c1-3-7-6-26-14-10(13(22)19(14)11(7)15(23)24)17-12(21)9(8(20)5-16)18-25-4-2/h3,10,14H,1,4-6H2,2H3,(H,17,21)(H,23,24)/b18-9+. The number of carboxylic acid groups (broad SMARTS) is 1. The highest BCUT2D eigenvalue weighted by Gasteiger charge is 2.54. The molecule has 0 aliphatic carbocycles. The van der Waals surface area contributed by atoms with Gasteiger partial charge in [-0.3, -0.25) is 19.3 Å². The Morgan fingerprint density at radius 2 is 2.23 bits per heavy atom. The molecule has 0 radical (unpaired) electrons. The number of fused-ring (bicyclic) bond motifs is 1. The number of nitrogens with zero attached hydrogens (tertiary/aromatic N) is 2. The van der Waals surface area contributed by atoms with Crippen LogP contribution < -0.4 is 5.32 Å². The van der Waals surface area contributed by atoms with E-state index in [1.807, 2.05) is 0 Å². The summed E-state index contributed by atoms with van der Waals surface area (Å²) in [5.41, 5.74) is -0.276. The molecular weight excluding hydrogens is 386 g/mol. The number of amides is 2. The molecule has 26 heavy (non-hydrogen) atoms. The maximum absolute atomic E-state index is 12.4. The fourth-order valence-electron chi connectivity index (χ4n) is 2.42. The number of allylic oxidation sites excluding steroid dienone is 1. The predicted octanol–water partition coefficient (Wildman–Crippen LogP) is 0.111. The third kappa shape index (κ3) is 3.61. The van der Waals surface area contributed by atoms with Crippen molar-refractivity contribution < 1.29 is 29.1 Å². The number of hydrogen-bond donors (Lipinski definition) is 2. The second-order valence-corrected chi connectivity index (χ2v) is 6.53. The van der Waals surface area contributed by atoms with Crippen molar-refractivity contribution in [2.75, 3.05) is 18.2 Å². The van der Waals surface area contributed by atoms with Gasteiger partial charge in [0.05, 0.1) is 5.88 Å². The molecule has 140 valence electrons. The van der Waals surface area contributed by atoms with E-state index in [4.69, 9.17) is 16.4 Å². The minimum atomic E-state index is -1.25. The molecule has 2 unspecified atom stereocenters. The van der Waals surface area contributed by atoms with E-state index in [0.717, 1.165) is 4.90 Å². The Morgan fingerprint density at radius 3 is 2.77 bits per heavy atom. The van der Waals surface area contributed by atoms with Crippen LogP contribution in [0.15, 0.2) is 29.1 Å². The van der Waals surface area contributed by atoms with E-state index < -0.39 is 46.6 Å². The van der Waals surface area contributed by atoms with Gasteiger partial charge in [0.25, 0.3) is 11.8 Å². The van der Waals surface area contributed by atoms with Gasteiger partial charge in [0.1, 0.15) is 23.7 Å². The van der Waals surface area contributed by atoms with Crippen LogP contribution in [0.25, 0.3) is 0 Å². The number of oxime groups is 1. The molecule has 2 aliphatic heterocycles. The maximum atomic E-state index is 12.4. The van der Waals surface area contributed by atoms with Crippen molar-refractivity contribution in [3.63, 3.8) is 0 Å². The maximum Gasteiger partial charge on any atom is 0.352 e. The lowest BCUT2D eigenvalue weighted by Gasteiger charge is -2.49. The zero-order valence-electron chi connectivity index (χ0n) is 13.7. The van der Waals surface area contributed by atoms with Crippen molar-refractivity contribution in [1.82, 2.24) is 10.2 Å². The SMILES string of the molecule is C=CC1=C(C(=O)O)N2C(=O)C(NC(=O)/C(=N/OCC)C(=O)CCl)C2SC1. The number of alkyl halides is 1. The summed E-state index contributed by atoms with van der Waals surface area (Å²) in [6.45, 7) is 5.31. The van der Waals surface area contributed by atoms with Gasteiger partial charge in [-0.15, -0.1) is 23.4 Å². The third-order valence-electron chi connectivity index (χ3n) is 3.62.